The summed E-state index contributed by atoms with van der Waals surface area (Å²) in [6, 6.07) is 18.0. The molecule has 2 N–H and O–H groups in total. The summed E-state index contributed by atoms with van der Waals surface area (Å²) in [5.74, 6) is 0. The molecule has 3 nitrogen and oxygen atoms in total. The van der Waals surface area contributed by atoms with Crippen LogP contribution in [0.2, 0.25) is 0 Å². The predicted molar refractivity (Wildman–Crippen MR) is 89.6 cm³/mol. The van der Waals surface area contributed by atoms with Crippen molar-refractivity contribution >= 4 is 0 Å². The van der Waals surface area contributed by atoms with Crippen LogP contribution in [-0.4, -0.2) is 34.3 Å². The average molecular weight is 299 g/mol. The van der Waals surface area contributed by atoms with Crippen molar-refractivity contribution in [1.29, 1.82) is 0 Å². The van der Waals surface area contributed by atoms with Crippen LogP contribution in [0.5, 0.6) is 0 Å². The van der Waals surface area contributed by atoms with Gasteiger partial charge in [-0.1, -0.05) is 54.6 Å². The summed E-state index contributed by atoms with van der Waals surface area (Å²) in [5, 5.41) is 19.9. The molecule has 2 aromatic rings. The molecular formula is C19H25NO2. The van der Waals surface area contributed by atoms with Gasteiger partial charge in [-0.2, -0.15) is 0 Å². The maximum Gasteiger partial charge on any atom is 0.104 e. The van der Waals surface area contributed by atoms with Crippen molar-refractivity contribution in [3.05, 3.63) is 71.3 Å². The fourth-order valence-electron chi connectivity index (χ4n) is 2.63. The van der Waals surface area contributed by atoms with E-state index in [0.717, 1.165) is 23.2 Å². The lowest BCUT2D eigenvalue weighted by molar-refractivity contribution is 0.156. The summed E-state index contributed by atoms with van der Waals surface area (Å²) in [7, 11) is 0. The maximum absolute atomic E-state index is 10.7. The van der Waals surface area contributed by atoms with Gasteiger partial charge in [0, 0.05) is 19.1 Å². The second-order valence-corrected chi connectivity index (χ2v) is 5.80. The summed E-state index contributed by atoms with van der Waals surface area (Å²) in [6.45, 7) is 5.73. The van der Waals surface area contributed by atoms with Gasteiger partial charge in [-0.3, -0.25) is 4.90 Å². The third kappa shape index (κ3) is 4.17. The molecule has 2 aromatic carbocycles. The normalized spacial score (nSPS) is 12.8. The Morgan fingerprint density at radius 1 is 0.955 bits per heavy atom. The maximum atomic E-state index is 10.7. The zero-order chi connectivity index (χ0) is 15.9. The first-order valence-electron chi connectivity index (χ1n) is 7.79. The van der Waals surface area contributed by atoms with Crippen LogP contribution in [0.25, 0.3) is 0 Å². The highest BCUT2D eigenvalue weighted by Gasteiger charge is 2.17. The Hall–Kier alpha value is -1.68. The Labute approximate surface area is 132 Å². The fourth-order valence-corrected chi connectivity index (χ4v) is 2.63. The lowest BCUT2D eigenvalue weighted by atomic mass is 9.96. The zero-order valence-corrected chi connectivity index (χ0v) is 13.3. The van der Waals surface area contributed by atoms with Crippen molar-refractivity contribution in [2.75, 3.05) is 13.2 Å². The smallest absolute Gasteiger partial charge is 0.104 e. The molecule has 0 aromatic heterocycles. The molecule has 0 heterocycles. The van der Waals surface area contributed by atoms with E-state index in [9.17, 15) is 10.2 Å². The molecule has 118 valence electrons. The Morgan fingerprint density at radius 2 is 1.59 bits per heavy atom. The van der Waals surface area contributed by atoms with Crippen LogP contribution >= 0.6 is 0 Å². The molecule has 0 saturated heterocycles. The number of rotatable bonds is 7. The van der Waals surface area contributed by atoms with E-state index in [1.54, 1.807) is 0 Å². The quantitative estimate of drug-likeness (QED) is 0.826. The molecule has 0 fully saturated rings. The van der Waals surface area contributed by atoms with Crippen LogP contribution in [0.15, 0.2) is 54.6 Å². The number of benzene rings is 2. The summed E-state index contributed by atoms with van der Waals surface area (Å²) in [5.41, 5.74) is 2.92. The van der Waals surface area contributed by atoms with Crippen molar-refractivity contribution in [3.8, 4) is 0 Å². The van der Waals surface area contributed by atoms with E-state index in [1.807, 2.05) is 54.6 Å². The third-order valence-electron chi connectivity index (χ3n) is 3.96. The molecule has 0 saturated carbocycles. The number of hydrogen-bond donors (Lipinski definition) is 2. The van der Waals surface area contributed by atoms with Gasteiger partial charge in [0.05, 0.1) is 6.61 Å². The molecule has 0 aliphatic rings. The number of nitrogens with zero attached hydrogens (tertiary/aromatic N) is 1. The van der Waals surface area contributed by atoms with Crippen molar-refractivity contribution in [1.82, 2.24) is 4.90 Å². The first-order valence-corrected chi connectivity index (χ1v) is 7.79. The highest BCUT2D eigenvalue weighted by atomic mass is 16.3. The lowest BCUT2D eigenvalue weighted by Crippen LogP contribution is -2.33. The van der Waals surface area contributed by atoms with E-state index in [1.165, 1.54) is 0 Å². The highest BCUT2D eigenvalue weighted by molar-refractivity contribution is 5.35. The van der Waals surface area contributed by atoms with E-state index < -0.39 is 6.10 Å². The second-order valence-electron chi connectivity index (χ2n) is 5.80. The van der Waals surface area contributed by atoms with Gasteiger partial charge in [0.15, 0.2) is 0 Å². The molecule has 0 amide bonds. The standard InChI is InChI=1S/C19H25NO2/c1-15(2)20(12-13-21)14-17-10-6-7-11-18(17)19(22)16-8-4-3-5-9-16/h3-11,15,19,21-22H,12-14H2,1-2H3. The van der Waals surface area contributed by atoms with Gasteiger partial charge < -0.3 is 10.2 Å². The van der Waals surface area contributed by atoms with Gasteiger partial charge >= 0.3 is 0 Å². The number of aliphatic hydroxyl groups is 2. The third-order valence-corrected chi connectivity index (χ3v) is 3.96. The summed E-state index contributed by atoms with van der Waals surface area (Å²) >= 11 is 0. The number of aliphatic hydroxyl groups excluding tert-OH is 2. The molecule has 0 radical (unpaired) electrons. The van der Waals surface area contributed by atoms with Crippen LogP contribution < -0.4 is 0 Å². The van der Waals surface area contributed by atoms with Crippen LogP contribution in [0, 0.1) is 0 Å². The van der Waals surface area contributed by atoms with E-state index in [2.05, 4.69) is 18.7 Å². The van der Waals surface area contributed by atoms with Crippen molar-refractivity contribution in [2.24, 2.45) is 0 Å². The first kappa shape index (κ1) is 16.7. The molecule has 0 bridgehead atoms. The van der Waals surface area contributed by atoms with Gasteiger partial charge in [0.1, 0.15) is 6.10 Å². The molecule has 1 atom stereocenters. The van der Waals surface area contributed by atoms with E-state index >= 15 is 0 Å². The van der Waals surface area contributed by atoms with Crippen LogP contribution in [0.3, 0.4) is 0 Å². The van der Waals surface area contributed by atoms with Crippen LogP contribution in [-0.2, 0) is 6.54 Å². The van der Waals surface area contributed by atoms with E-state index in [4.69, 9.17) is 0 Å². The molecular weight excluding hydrogens is 274 g/mol. The van der Waals surface area contributed by atoms with E-state index in [-0.39, 0.29) is 6.61 Å². The monoisotopic (exact) mass is 299 g/mol. The Morgan fingerprint density at radius 3 is 2.23 bits per heavy atom. The largest absolute Gasteiger partial charge is 0.395 e. The van der Waals surface area contributed by atoms with Gasteiger partial charge in [0.2, 0.25) is 0 Å². The van der Waals surface area contributed by atoms with Crippen molar-refractivity contribution < 1.29 is 10.2 Å². The van der Waals surface area contributed by atoms with Crippen molar-refractivity contribution in [3.63, 3.8) is 0 Å². The van der Waals surface area contributed by atoms with Gasteiger partial charge in [-0.25, -0.2) is 0 Å². The zero-order valence-electron chi connectivity index (χ0n) is 13.3. The van der Waals surface area contributed by atoms with Gasteiger partial charge in [-0.15, -0.1) is 0 Å². The second kappa shape index (κ2) is 8.08. The summed E-state index contributed by atoms with van der Waals surface area (Å²) < 4.78 is 0. The van der Waals surface area contributed by atoms with Crippen LogP contribution in [0.1, 0.15) is 36.6 Å². The molecule has 0 spiro atoms. The topological polar surface area (TPSA) is 43.7 Å². The first-order chi connectivity index (χ1) is 10.6. The SMILES string of the molecule is CC(C)N(CCO)Cc1ccccc1C(O)c1ccccc1. The van der Waals surface area contributed by atoms with Gasteiger partial charge in [-0.05, 0) is 30.5 Å². The average Bonchev–Trinajstić information content (AvgIpc) is 2.55. The van der Waals surface area contributed by atoms with Crippen molar-refractivity contribution in [2.45, 2.75) is 32.5 Å². The Kier molecular flexibility index (Phi) is 6.13. The van der Waals surface area contributed by atoms with Gasteiger partial charge in [0.25, 0.3) is 0 Å². The minimum atomic E-state index is -0.625. The summed E-state index contributed by atoms with van der Waals surface area (Å²) in [4.78, 5) is 2.20. The molecule has 0 aliphatic carbocycles. The predicted octanol–water partition coefficient (Wildman–Crippen LogP) is 2.97. The lowest BCUT2D eigenvalue weighted by Gasteiger charge is -2.27. The number of hydrogen-bond acceptors (Lipinski definition) is 3. The molecule has 3 heteroatoms. The van der Waals surface area contributed by atoms with E-state index in [0.29, 0.717) is 12.6 Å². The minimum absolute atomic E-state index is 0.140. The molecule has 22 heavy (non-hydrogen) atoms. The van der Waals surface area contributed by atoms with Crippen LogP contribution in [0.4, 0.5) is 0 Å². The fraction of sp³-hybridized carbons (Fsp3) is 0.368. The highest BCUT2D eigenvalue weighted by Crippen LogP contribution is 2.26. The molecule has 2 rings (SSSR count). The summed E-state index contributed by atoms with van der Waals surface area (Å²) in [6.07, 6.45) is -0.625. The minimum Gasteiger partial charge on any atom is -0.395 e. The molecule has 1 unspecified atom stereocenters. The Balaban J connectivity index is 2.26. The Bertz CT molecular complexity index is 569. The molecule has 0 aliphatic heterocycles.